The molecule has 1 aliphatic rings. The van der Waals surface area contributed by atoms with E-state index in [0.717, 1.165) is 12.0 Å². The Kier molecular flexibility index (Phi) is 9.76. The van der Waals surface area contributed by atoms with Gasteiger partial charge in [0, 0.05) is 18.5 Å². The van der Waals surface area contributed by atoms with Crippen molar-refractivity contribution in [2.45, 2.75) is 74.7 Å². The van der Waals surface area contributed by atoms with Crippen molar-refractivity contribution in [1.29, 1.82) is 0 Å². The van der Waals surface area contributed by atoms with Crippen LogP contribution in [0.25, 0.3) is 0 Å². The van der Waals surface area contributed by atoms with Crippen LogP contribution in [0.15, 0.2) is 83.3 Å². The quantitative estimate of drug-likeness (QED) is 0.174. The third-order valence-electron chi connectivity index (χ3n) is 6.57. The van der Waals surface area contributed by atoms with Crippen molar-refractivity contribution in [3.8, 4) is 0 Å². The van der Waals surface area contributed by atoms with Gasteiger partial charge < -0.3 is 4.74 Å². The largest absolute Gasteiger partial charge is 0.386 e. The number of carbonyl (C=O) groups excluding carboxylic acids is 2. The zero-order chi connectivity index (χ0) is 26.2. The monoisotopic (exact) mass is 475 g/mol. The second kappa shape index (κ2) is 12.1. The fourth-order valence-electron chi connectivity index (χ4n) is 4.63. The van der Waals surface area contributed by atoms with E-state index in [1.807, 2.05) is 18.2 Å². The van der Waals surface area contributed by atoms with Crippen LogP contribution < -0.4 is 0 Å². The first-order chi connectivity index (χ1) is 16.3. The van der Waals surface area contributed by atoms with Gasteiger partial charge in [-0.05, 0) is 80.1 Å². The molecule has 0 N–H and O–H groups in total. The van der Waals surface area contributed by atoms with Crippen molar-refractivity contribution >= 4 is 11.9 Å². The van der Waals surface area contributed by atoms with E-state index in [1.54, 1.807) is 25.3 Å². The Morgan fingerprint density at radius 3 is 2.51 bits per heavy atom. The summed E-state index contributed by atoms with van der Waals surface area (Å²) < 4.78 is 4.85. The molecule has 0 saturated heterocycles. The van der Waals surface area contributed by atoms with E-state index in [9.17, 15) is 9.59 Å². The van der Waals surface area contributed by atoms with Crippen LogP contribution in [0.1, 0.15) is 85.0 Å². The van der Waals surface area contributed by atoms with Crippen molar-refractivity contribution in [1.82, 2.24) is 4.98 Å². The number of hydrogen-bond donors (Lipinski definition) is 0. The second-order valence-corrected chi connectivity index (χ2v) is 11.4. The van der Waals surface area contributed by atoms with Crippen LogP contribution in [-0.2, 0) is 9.53 Å². The van der Waals surface area contributed by atoms with E-state index in [4.69, 9.17) is 4.74 Å². The average Bonchev–Trinajstić information content (AvgIpc) is 2.75. The number of allylic oxidation sites excluding steroid dienone is 9. The van der Waals surface area contributed by atoms with Gasteiger partial charge >= 0.3 is 11.9 Å². The van der Waals surface area contributed by atoms with Crippen LogP contribution in [0, 0.1) is 16.7 Å². The highest BCUT2D eigenvalue weighted by Crippen LogP contribution is 2.49. The zero-order valence-corrected chi connectivity index (χ0v) is 22.6. The molecule has 0 bridgehead atoms. The maximum absolute atomic E-state index is 12.0. The first-order valence-electron chi connectivity index (χ1n) is 12.4. The Morgan fingerprint density at radius 2 is 1.89 bits per heavy atom. The van der Waals surface area contributed by atoms with Crippen LogP contribution in [0.3, 0.4) is 0 Å². The standard InChI is InChI=1S/C31H41NO3/c1-22(14-17-27-24(3)15-16-26(31(27,7)8)20-30(4,5)6)11-9-12-23(2)19-28(33)35-29(34)25-13-10-18-32-21-25/h9-14,17-19,21,26H,15-16,20H2,1-8H3/b12-9+,17-14+,22-11+,23-19+. The molecule has 0 radical (unpaired) electrons. The number of aromatic nitrogens is 1. The number of pyridine rings is 1. The Labute approximate surface area is 211 Å². The molecule has 0 aromatic carbocycles. The Hall–Kier alpha value is -3.01. The predicted octanol–water partition coefficient (Wildman–Crippen LogP) is 7.96. The Balaban J connectivity index is 2.01. The molecular formula is C31H41NO3. The normalized spacial score (nSPS) is 19.5. The molecule has 1 aromatic rings. The summed E-state index contributed by atoms with van der Waals surface area (Å²) in [6.07, 6.45) is 18.1. The summed E-state index contributed by atoms with van der Waals surface area (Å²) in [7, 11) is 0. The number of rotatable bonds is 7. The highest BCUT2D eigenvalue weighted by molar-refractivity contribution is 6.00. The van der Waals surface area contributed by atoms with E-state index >= 15 is 0 Å². The van der Waals surface area contributed by atoms with Gasteiger partial charge in [-0.1, -0.05) is 76.1 Å². The van der Waals surface area contributed by atoms with E-state index in [0.29, 0.717) is 16.9 Å². The number of esters is 2. The van der Waals surface area contributed by atoms with Gasteiger partial charge in [-0.3, -0.25) is 4.98 Å². The van der Waals surface area contributed by atoms with E-state index in [1.165, 1.54) is 36.3 Å². The summed E-state index contributed by atoms with van der Waals surface area (Å²) in [5.74, 6) is -0.738. The Bertz CT molecular complexity index is 1060. The summed E-state index contributed by atoms with van der Waals surface area (Å²) in [5, 5.41) is 0. The van der Waals surface area contributed by atoms with E-state index < -0.39 is 11.9 Å². The zero-order valence-electron chi connectivity index (χ0n) is 22.6. The highest BCUT2D eigenvalue weighted by atomic mass is 16.6. The summed E-state index contributed by atoms with van der Waals surface area (Å²) in [4.78, 5) is 27.8. The first-order valence-corrected chi connectivity index (χ1v) is 12.4. The molecule has 0 saturated carbocycles. The molecule has 35 heavy (non-hydrogen) atoms. The van der Waals surface area contributed by atoms with Crippen molar-refractivity contribution in [2.75, 3.05) is 0 Å². The highest BCUT2D eigenvalue weighted by Gasteiger charge is 2.37. The van der Waals surface area contributed by atoms with Gasteiger partial charge in [0.25, 0.3) is 0 Å². The van der Waals surface area contributed by atoms with Crippen LogP contribution in [0.2, 0.25) is 0 Å². The summed E-state index contributed by atoms with van der Waals surface area (Å²) in [6, 6.07) is 3.17. The number of hydrogen-bond acceptors (Lipinski definition) is 4. The Morgan fingerprint density at radius 1 is 1.17 bits per heavy atom. The minimum atomic E-state index is -0.711. The van der Waals surface area contributed by atoms with Gasteiger partial charge in [-0.15, -0.1) is 0 Å². The van der Waals surface area contributed by atoms with Crippen LogP contribution in [0.4, 0.5) is 0 Å². The molecular weight excluding hydrogens is 434 g/mol. The molecule has 1 aromatic heterocycles. The third-order valence-corrected chi connectivity index (χ3v) is 6.57. The molecule has 0 spiro atoms. The number of carbonyl (C=O) groups is 2. The van der Waals surface area contributed by atoms with Gasteiger partial charge in [0.05, 0.1) is 5.56 Å². The average molecular weight is 476 g/mol. The second-order valence-electron chi connectivity index (χ2n) is 11.4. The third kappa shape index (κ3) is 8.93. The molecule has 188 valence electrons. The van der Waals surface area contributed by atoms with E-state index in [-0.39, 0.29) is 11.0 Å². The van der Waals surface area contributed by atoms with Gasteiger partial charge in [0.1, 0.15) is 0 Å². The minimum Gasteiger partial charge on any atom is -0.386 e. The van der Waals surface area contributed by atoms with Crippen LogP contribution >= 0.6 is 0 Å². The molecule has 4 heteroatoms. The summed E-state index contributed by atoms with van der Waals surface area (Å²) >= 11 is 0. The maximum Gasteiger partial charge on any atom is 0.347 e. The lowest BCUT2D eigenvalue weighted by Crippen LogP contribution is -2.33. The molecule has 1 atom stereocenters. The fraction of sp³-hybridized carbons (Fsp3) is 0.452. The molecule has 0 fully saturated rings. The lowest BCUT2D eigenvalue weighted by atomic mass is 9.61. The minimum absolute atomic E-state index is 0.148. The van der Waals surface area contributed by atoms with Crippen LogP contribution in [-0.4, -0.2) is 16.9 Å². The molecule has 2 rings (SSSR count). The molecule has 1 heterocycles. The van der Waals surface area contributed by atoms with Crippen molar-refractivity contribution in [3.05, 3.63) is 88.8 Å². The van der Waals surface area contributed by atoms with Gasteiger partial charge in [0.2, 0.25) is 0 Å². The molecule has 0 amide bonds. The van der Waals surface area contributed by atoms with Gasteiger partial charge in [-0.25, -0.2) is 9.59 Å². The lowest BCUT2D eigenvalue weighted by molar-refractivity contribution is -0.132. The van der Waals surface area contributed by atoms with Crippen molar-refractivity contribution < 1.29 is 14.3 Å². The SMILES string of the molecule is CC1=C(/C=C/C(C)=C/C=C/C(C)=C/C(=O)OC(=O)c2cccnc2)C(C)(C)C(CC(C)(C)C)CC1. The van der Waals surface area contributed by atoms with Crippen LogP contribution in [0.5, 0.6) is 0 Å². The predicted molar refractivity (Wildman–Crippen MR) is 144 cm³/mol. The molecule has 1 unspecified atom stereocenters. The van der Waals surface area contributed by atoms with Gasteiger partial charge in [-0.2, -0.15) is 0 Å². The van der Waals surface area contributed by atoms with Crippen molar-refractivity contribution in [3.63, 3.8) is 0 Å². The number of ether oxygens (including phenoxy) is 1. The lowest BCUT2D eigenvalue weighted by Gasteiger charge is -2.43. The summed E-state index contributed by atoms with van der Waals surface area (Å²) in [6.45, 7) is 17.9. The van der Waals surface area contributed by atoms with Crippen molar-refractivity contribution in [2.24, 2.45) is 16.7 Å². The first kappa shape index (κ1) is 28.2. The van der Waals surface area contributed by atoms with Gasteiger partial charge in [0.15, 0.2) is 0 Å². The molecule has 0 aliphatic heterocycles. The topological polar surface area (TPSA) is 56.3 Å². The smallest absolute Gasteiger partial charge is 0.347 e. The molecule has 4 nitrogen and oxygen atoms in total. The summed E-state index contributed by atoms with van der Waals surface area (Å²) in [5.41, 5.74) is 5.46. The number of nitrogens with zero attached hydrogens (tertiary/aromatic N) is 1. The van der Waals surface area contributed by atoms with E-state index in [2.05, 4.69) is 65.6 Å². The maximum atomic E-state index is 12.0. The fourth-order valence-corrected chi connectivity index (χ4v) is 4.63. The molecule has 1 aliphatic carbocycles.